The lowest BCUT2D eigenvalue weighted by atomic mass is 10.3. The Labute approximate surface area is 105 Å². The van der Waals surface area contributed by atoms with Crippen molar-refractivity contribution in [3.8, 4) is 5.82 Å². The highest BCUT2D eigenvalue weighted by molar-refractivity contribution is 5.91. The summed E-state index contributed by atoms with van der Waals surface area (Å²) in [6, 6.07) is 5.24. The first kappa shape index (κ1) is 12.1. The first-order chi connectivity index (χ1) is 8.49. The molecule has 2 rings (SSSR count). The smallest absolute Gasteiger partial charge is 0.273 e. The van der Waals surface area contributed by atoms with Crippen molar-refractivity contribution in [1.29, 1.82) is 0 Å². The second kappa shape index (κ2) is 4.48. The van der Waals surface area contributed by atoms with E-state index in [9.17, 15) is 4.79 Å². The van der Waals surface area contributed by atoms with E-state index < -0.39 is 0 Å². The monoisotopic (exact) mass is 245 g/mol. The number of hydrogen-bond acceptors (Lipinski definition) is 4. The summed E-state index contributed by atoms with van der Waals surface area (Å²) in [6.07, 6.45) is 1.68. The van der Waals surface area contributed by atoms with Crippen LogP contribution >= 0.6 is 0 Å². The van der Waals surface area contributed by atoms with Crippen LogP contribution < -0.4 is 5.73 Å². The van der Waals surface area contributed by atoms with E-state index in [0.717, 1.165) is 5.69 Å². The van der Waals surface area contributed by atoms with Crippen LogP contribution in [0, 0.1) is 6.92 Å². The van der Waals surface area contributed by atoms with Crippen molar-refractivity contribution < 1.29 is 4.79 Å². The molecule has 0 unspecified atom stereocenters. The predicted octanol–water partition coefficient (Wildman–Crippen LogP) is 0.860. The molecule has 0 atom stereocenters. The summed E-state index contributed by atoms with van der Waals surface area (Å²) in [5, 5.41) is 4.19. The average Bonchev–Trinajstić information content (AvgIpc) is 2.80. The Morgan fingerprint density at radius 1 is 1.33 bits per heavy atom. The third kappa shape index (κ3) is 2.17. The van der Waals surface area contributed by atoms with Gasteiger partial charge in [-0.15, -0.1) is 0 Å². The summed E-state index contributed by atoms with van der Waals surface area (Å²) in [5.74, 6) is 0.382. The lowest BCUT2D eigenvalue weighted by molar-refractivity contribution is 0.0821. The number of anilines is 1. The minimum atomic E-state index is -0.153. The SMILES string of the molecule is Cc1ccc(N)c(-n2ccc(C(=O)N(C)C)n2)n1. The Hall–Kier alpha value is -2.37. The number of aryl methyl sites for hydroxylation is 1. The van der Waals surface area contributed by atoms with Crippen molar-refractivity contribution in [2.45, 2.75) is 6.92 Å². The topological polar surface area (TPSA) is 77.0 Å². The summed E-state index contributed by atoms with van der Waals surface area (Å²) >= 11 is 0. The summed E-state index contributed by atoms with van der Waals surface area (Å²) in [4.78, 5) is 17.5. The van der Waals surface area contributed by atoms with E-state index in [0.29, 0.717) is 17.2 Å². The Kier molecular flexibility index (Phi) is 3.01. The van der Waals surface area contributed by atoms with Gasteiger partial charge in [0, 0.05) is 26.0 Å². The number of amides is 1. The molecule has 0 bridgehead atoms. The van der Waals surface area contributed by atoms with Crippen molar-refractivity contribution >= 4 is 11.6 Å². The fourth-order valence-corrected chi connectivity index (χ4v) is 1.52. The highest BCUT2D eigenvalue weighted by Gasteiger charge is 2.13. The van der Waals surface area contributed by atoms with Crippen molar-refractivity contribution in [2.24, 2.45) is 0 Å². The molecule has 2 heterocycles. The van der Waals surface area contributed by atoms with Gasteiger partial charge in [0.05, 0.1) is 5.69 Å². The molecule has 2 aromatic rings. The number of rotatable bonds is 2. The highest BCUT2D eigenvalue weighted by Crippen LogP contribution is 2.14. The van der Waals surface area contributed by atoms with Crippen LogP contribution in [0.1, 0.15) is 16.2 Å². The summed E-state index contributed by atoms with van der Waals surface area (Å²) < 4.78 is 1.51. The van der Waals surface area contributed by atoms with Crippen LogP contribution in [-0.4, -0.2) is 39.7 Å². The molecule has 0 saturated carbocycles. The molecule has 0 spiro atoms. The molecule has 2 aromatic heterocycles. The van der Waals surface area contributed by atoms with Gasteiger partial charge in [0.25, 0.3) is 5.91 Å². The standard InChI is InChI=1S/C12H15N5O/c1-8-4-5-9(13)11(14-8)17-7-6-10(15-17)12(18)16(2)3/h4-7H,13H2,1-3H3. The van der Waals surface area contributed by atoms with Gasteiger partial charge in [-0.25, -0.2) is 9.67 Å². The van der Waals surface area contributed by atoms with Gasteiger partial charge in [-0.05, 0) is 25.1 Å². The van der Waals surface area contributed by atoms with E-state index in [1.54, 1.807) is 32.4 Å². The predicted molar refractivity (Wildman–Crippen MR) is 68.5 cm³/mol. The lowest BCUT2D eigenvalue weighted by Crippen LogP contribution is -2.22. The van der Waals surface area contributed by atoms with Gasteiger partial charge in [0.1, 0.15) is 0 Å². The van der Waals surface area contributed by atoms with E-state index in [2.05, 4.69) is 10.1 Å². The third-order valence-electron chi connectivity index (χ3n) is 2.48. The molecule has 0 radical (unpaired) electrons. The van der Waals surface area contributed by atoms with E-state index in [4.69, 9.17) is 5.73 Å². The van der Waals surface area contributed by atoms with Gasteiger partial charge in [0.2, 0.25) is 0 Å². The minimum Gasteiger partial charge on any atom is -0.396 e. The van der Waals surface area contributed by atoms with Gasteiger partial charge < -0.3 is 10.6 Å². The molecule has 18 heavy (non-hydrogen) atoms. The summed E-state index contributed by atoms with van der Waals surface area (Å²) in [7, 11) is 3.36. The molecule has 6 heteroatoms. The Bertz CT molecular complexity index is 588. The van der Waals surface area contributed by atoms with Crippen LogP contribution in [0.15, 0.2) is 24.4 Å². The zero-order chi connectivity index (χ0) is 13.3. The van der Waals surface area contributed by atoms with Crippen molar-refractivity contribution in [3.05, 3.63) is 35.8 Å². The summed E-state index contributed by atoms with van der Waals surface area (Å²) in [5.41, 5.74) is 7.58. The maximum absolute atomic E-state index is 11.7. The number of carbonyl (C=O) groups is 1. The fraction of sp³-hybridized carbons (Fsp3) is 0.250. The van der Waals surface area contributed by atoms with Gasteiger partial charge in [0.15, 0.2) is 11.5 Å². The quantitative estimate of drug-likeness (QED) is 0.851. The van der Waals surface area contributed by atoms with Crippen molar-refractivity contribution in [1.82, 2.24) is 19.7 Å². The van der Waals surface area contributed by atoms with Crippen molar-refractivity contribution in [3.63, 3.8) is 0 Å². The maximum Gasteiger partial charge on any atom is 0.273 e. The normalized spacial score (nSPS) is 10.4. The van der Waals surface area contributed by atoms with Gasteiger partial charge in [-0.1, -0.05) is 0 Å². The molecule has 0 aliphatic rings. The van der Waals surface area contributed by atoms with E-state index in [1.807, 2.05) is 13.0 Å². The van der Waals surface area contributed by atoms with Crippen LogP contribution in [-0.2, 0) is 0 Å². The van der Waals surface area contributed by atoms with Crippen molar-refractivity contribution in [2.75, 3.05) is 19.8 Å². The Balaban J connectivity index is 2.41. The highest BCUT2D eigenvalue weighted by atomic mass is 16.2. The van der Waals surface area contributed by atoms with Gasteiger partial charge in [-0.3, -0.25) is 4.79 Å². The summed E-state index contributed by atoms with van der Waals surface area (Å²) in [6.45, 7) is 1.87. The molecule has 0 aromatic carbocycles. The maximum atomic E-state index is 11.7. The number of aromatic nitrogens is 3. The molecular formula is C12H15N5O. The second-order valence-corrected chi connectivity index (χ2v) is 4.21. The first-order valence-electron chi connectivity index (χ1n) is 5.50. The number of nitrogens with two attached hydrogens (primary N) is 1. The number of nitrogen functional groups attached to an aromatic ring is 1. The number of hydrogen-bond donors (Lipinski definition) is 1. The Morgan fingerprint density at radius 2 is 2.06 bits per heavy atom. The van der Waals surface area contributed by atoms with Gasteiger partial charge >= 0.3 is 0 Å². The zero-order valence-corrected chi connectivity index (χ0v) is 10.6. The average molecular weight is 245 g/mol. The number of pyridine rings is 1. The number of nitrogens with zero attached hydrogens (tertiary/aromatic N) is 4. The zero-order valence-electron chi connectivity index (χ0n) is 10.6. The first-order valence-corrected chi connectivity index (χ1v) is 5.50. The van der Waals surface area contributed by atoms with Crippen LogP contribution in [0.25, 0.3) is 5.82 Å². The van der Waals surface area contributed by atoms with Crippen LogP contribution in [0.2, 0.25) is 0 Å². The van der Waals surface area contributed by atoms with E-state index >= 15 is 0 Å². The molecule has 6 nitrogen and oxygen atoms in total. The largest absolute Gasteiger partial charge is 0.396 e. The third-order valence-corrected chi connectivity index (χ3v) is 2.48. The number of carbonyl (C=O) groups excluding carboxylic acids is 1. The molecular weight excluding hydrogens is 230 g/mol. The van der Waals surface area contributed by atoms with Crippen LogP contribution in [0.5, 0.6) is 0 Å². The van der Waals surface area contributed by atoms with Crippen LogP contribution in [0.3, 0.4) is 0 Å². The second-order valence-electron chi connectivity index (χ2n) is 4.21. The van der Waals surface area contributed by atoms with Crippen LogP contribution in [0.4, 0.5) is 5.69 Å². The molecule has 0 fully saturated rings. The fourth-order valence-electron chi connectivity index (χ4n) is 1.52. The molecule has 0 aliphatic carbocycles. The van der Waals surface area contributed by atoms with E-state index in [1.165, 1.54) is 9.58 Å². The molecule has 2 N–H and O–H groups in total. The van der Waals surface area contributed by atoms with Gasteiger partial charge in [-0.2, -0.15) is 5.10 Å². The molecule has 1 amide bonds. The minimum absolute atomic E-state index is 0.153. The molecule has 94 valence electrons. The molecule has 0 aliphatic heterocycles. The lowest BCUT2D eigenvalue weighted by Gasteiger charge is -2.07. The van der Waals surface area contributed by atoms with E-state index in [-0.39, 0.29) is 5.91 Å². The molecule has 0 saturated heterocycles. The Morgan fingerprint density at radius 3 is 2.72 bits per heavy atom.